The van der Waals surface area contributed by atoms with E-state index in [0.29, 0.717) is 0 Å². The lowest BCUT2D eigenvalue weighted by Gasteiger charge is -1.95. The number of aromatic carboxylic acids is 1. The summed E-state index contributed by atoms with van der Waals surface area (Å²) in [6.07, 6.45) is 1.39. The minimum absolute atomic E-state index is 0.0949. The predicted octanol–water partition coefficient (Wildman–Crippen LogP) is 2.41. The summed E-state index contributed by atoms with van der Waals surface area (Å²) < 4.78 is 0. The number of carboxylic acid groups (broad SMARTS) is 1. The number of anilines is 1. The van der Waals surface area contributed by atoms with Crippen LogP contribution in [0.15, 0.2) is 18.3 Å². The molecule has 4 heteroatoms. The van der Waals surface area contributed by atoms with E-state index in [-0.39, 0.29) is 11.4 Å². The van der Waals surface area contributed by atoms with Crippen LogP contribution in [-0.2, 0) is 0 Å². The van der Waals surface area contributed by atoms with Gasteiger partial charge in [-0.15, -0.1) is 0 Å². The van der Waals surface area contributed by atoms with Gasteiger partial charge in [-0.3, -0.25) is 0 Å². The van der Waals surface area contributed by atoms with Gasteiger partial charge in [0.25, 0.3) is 0 Å². The van der Waals surface area contributed by atoms with Gasteiger partial charge in [0.1, 0.15) is 0 Å². The van der Waals surface area contributed by atoms with Crippen LogP contribution in [0.3, 0.4) is 0 Å². The Hall–Kier alpha value is -1.58. The molecule has 3 N–H and O–H groups in total. The van der Waals surface area contributed by atoms with Gasteiger partial charge in [-0.05, 0) is 12.1 Å². The predicted molar refractivity (Wildman–Crippen MR) is 58.3 cm³/mol. The first-order valence-electron chi connectivity index (χ1n) is 4.65. The van der Waals surface area contributed by atoms with Crippen LogP contribution in [0.2, 0.25) is 0 Å². The summed E-state index contributed by atoms with van der Waals surface area (Å²) in [5, 5.41) is 8.42. The van der Waals surface area contributed by atoms with Crippen LogP contribution in [0, 0.1) is 0 Å². The van der Waals surface area contributed by atoms with Crippen molar-refractivity contribution in [1.29, 1.82) is 0 Å². The van der Waals surface area contributed by atoms with Crippen molar-refractivity contribution in [2.45, 2.75) is 27.7 Å². The molecule has 0 spiro atoms. The van der Waals surface area contributed by atoms with E-state index in [1.165, 1.54) is 12.3 Å². The summed E-state index contributed by atoms with van der Waals surface area (Å²) in [6.45, 7) is 8.00. The third kappa shape index (κ3) is 5.13. The van der Waals surface area contributed by atoms with Crippen molar-refractivity contribution in [2.75, 3.05) is 5.73 Å². The molecule has 0 aromatic carbocycles. The van der Waals surface area contributed by atoms with E-state index in [9.17, 15) is 4.79 Å². The molecule has 1 rings (SSSR count). The van der Waals surface area contributed by atoms with E-state index in [1.54, 1.807) is 6.07 Å². The smallest absolute Gasteiger partial charge is 0.356 e. The molecule has 14 heavy (non-hydrogen) atoms. The van der Waals surface area contributed by atoms with Crippen LogP contribution < -0.4 is 5.73 Å². The van der Waals surface area contributed by atoms with Gasteiger partial charge in [-0.25, -0.2) is 9.78 Å². The van der Waals surface area contributed by atoms with Crippen LogP contribution >= 0.6 is 0 Å². The zero-order chi connectivity index (χ0) is 11.6. The first-order chi connectivity index (χ1) is 6.72. The summed E-state index contributed by atoms with van der Waals surface area (Å²) in [5.41, 5.74) is 5.37. The maximum atomic E-state index is 10.3. The molecule has 0 saturated carbocycles. The average molecular weight is 198 g/mol. The summed E-state index contributed by atoms with van der Waals surface area (Å²) in [7, 11) is 0. The van der Waals surface area contributed by atoms with Gasteiger partial charge in [-0.1, -0.05) is 27.7 Å². The second-order valence-electron chi connectivity index (χ2n) is 1.75. The second kappa shape index (κ2) is 9.51. The fourth-order valence-corrected chi connectivity index (χ4v) is 0.596. The van der Waals surface area contributed by atoms with E-state index in [1.807, 2.05) is 27.7 Å². The molecular weight excluding hydrogens is 180 g/mol. The Morgan fingerprint density at radius 2 is 1.86 bits per heavy atom. The van der Waals surface area contributed by atoms with Gasteiger partial charge < -0.3 is 10.8 Å². The third-order valence-electron chi connectivity index (χ3n) is 1.04. The number of pyridine rings is 1. The Balaban J connectivity index is 0. The zero-order valence-corrected chi connectivity index (χ0v) is 9.11. The number of nitrogens with two attached hydrogens (primary N) is 1. The number of carbonyl (C=O) groups is 1. The number of nitrogen functional groups attached to an aromatic ring is 1. The van der Waals surface area contributed by atoms with Gasteiger partial charge in [0.2, 0.25) is 0 Å². The highest BCUT2D eigenvalue weighted by molar-refractivity contribution is 5.90. The zero-order valence-electron chi connectivity index (χ0n) is 9.11. The first-order valence-corrected chi connectivity index (χ1v) is 4.65. The molecule has 0 atom stereocenters. The van der Waals surface area contributed by atoms with Crippen molar-refractivity contribution in [3.63, 3.8) is 0 Å². The summed E-state index contributed by atoms with van der Waals surface area (Å²) in [6, 6.07) is 3.08. The summed E-state index contributed by atoms with van der Waals surface area (Å²) in [5.74, 6) is -1.10. The number of aromatic nitrogens is 1. The molecule has 0 bridgehead atoms. The molecule has 0 aliphatic carbocycles. The molecule has 1 aromatic heterocycles. The first kappa shape index (κ1) is 14.9. The normalized spacial score (nSPS) is 7.43. The van der Waals surface area contributed by atoms with E-state index in [0.717, 1.165) is 0 Å². The van der Waals surface area contributed by atoms with Crippen LogP contribution in [0.1, 0.15) is 38.2 Å². The topological polar surface area (TPSA) is 76.2 Å². The van der Waals surface area contributed by atoms with Crippen molar-refractivity contribution in [3.05, 3.63) is 24.0 Å². The fraction of sp³-hybridized carbons (Fsp3) is 0.400. The number of rotatable bonds is 1. The van der Waals surface area contributed by atoms with Gasteiger partial charge >= 0.3 is 5.97 Å². The Morgan fingerprint density at radius 1 is 1.36 bits per heavy atom. The van der Waals surface area contributed by atoms with Crippen molar-refractivity contribution >= 4 is 11.7 Å². The lowest BCUT2D eigenvalue weighted by Crippen LogP contribution is -2.04. The monoisotopic (exact) mass is 198 g/mol. The number of nitrogens with zero attached hydrogens (tertiary/aromatic N) is 1. The highest BCUT2D eigenvalue weighted by Gasteiger charge is 2.06. The van der Waals surface area contributed by atoms with Crippen molar-refractivity contribution in [3.8, 4) is 0 Å². The molecule has 0 aliphatic heterocycles. The van der Waals surface area contributed by atoms with E-state index in [2.05, 4.69) is 4.98 Å². The van der Waals surface area contributed by atoms with Crippen LogP contribution in [0.25, 0.3) is 0 Å². The molecule has 1 aromatic rings. The number of hydrogen-bond acceptors (Lipinski definition) is 3. The Morgan fingerprint density at radius 3 is 2.14 bits per heavy atom. The Kier molecular flexibility index (Phi) is 10.1. The minimum atomic E-state index is -1.10. The molecule has 4 nitrogen and oxygen atoms in total. The van der Waals surface area contributed by atoms with Crippen molar-refractivity contribution in [1.82, 2.24) is 4.98 Å². The van der Waals surface area contributed by atoms with Gasteiger partial charge in [0.15, 0.2) is 5.69 Å². The van der Waals surface area contributed by atoms with Gasteiger partial charge in [0.05, 0.1) is 5.69 Å². The van der Waals surface area contributed by atoms with E-state index >= 15 is 0 Å². The molecule has 0 saturated heterocycles. The molecule has 1 heterocycles. The molecule has 0 radical (unpaired) electrons. The van der Waals surface area contributed by atoms with Crippen LogP contribution in [0.4, 0.5) is 5.69 Å². The van der Waals surface area contributed by atoms with Crippen LogP contribution in [0.5, 0.6) is 0 Å². The van der Waals surface area contributed by atoms with Crippen molar-refractivity contribution < 1.29 is 9.90 Å². The van der Waals surface area contributed by atoms with Gasteiger partial charge in [0, 0.05) is 6.20 Å². The maximum absolute atomic E-state index is 10.3. The molecule has 0 fully saturated rings. The third-order valence-corrected chi connectivity index (χ3v) is 1.04. The fourth-order valence-electron chi connectivity index (χ4n) is 0.596. The Bertz CT molecular complexity index is 262. The number of carboxylic acids is 1. The minimum Gasteiger partial charge on any atom is -0.476 e. The highest BCUT2D eigenvalue weighted by Crippen LogP contribution is 2.05. The lowest BCUT2D eigenvalue weighted by atomic mass is 10.3. The van der Waals surface area contributed by atoms with E-state index < -0.39 is 5.97 Å². The standard InChI is InChI=1S/C6H6N2O2.2C2H6/c7-4-2-1-3-8-5(4)6(9)10;2*1-2/h1-3H,7H2,(H,9,10);2*1-2H3. The second-order valence-corrected chi connectivity index (χ2v) is 1.75. The summed E-state index contributed by atoms with van der Waals surface area (Å²) >= 11 is 0. The maximum Gasteiger partial charge on any atom is 0.356 e. The van der Waals surface area contributed by atoms with E-state index in [4.69, 9.17) is 10.8 Å². The highest BCUT2D eigenvalue weighted by atomic mass is 16.4. The van der Waals surface area contributed by atoms with Crippen molar-refractivity contribution in [2.24, 2.45) is 0 Å². The number of hydrogen-bond donors (Lipinski definition) is 2. The van der Waals surface area contributed by atoms with Gasteiger partial charge in [-0.2, -0.15) is 0 Å². The molecule has 0 amide bonds. The van der Waals surface area contributed by atoms with Crippen LogP contribution in [-0.4, -0.2) is 16.1 Å². The lowest BCUT2D eigenvalue weighted by molar-refractivity contribution is 0.0692. The molecular formula is C10H18N2O2. The summed E-state index contributed by atoms with van der Waals surface area (Å²) in [4.78, 5) is 13.8. The Labute approximate surface area is 84.8 Å². The molecule has 80 valence electrons. The SMILES string of the molecule is CC.CC.Nc1cccnc1C(=O)O. The molecule has 0 aliphatic rings. The molecule has 0 unspecified atom stereocenters. The largest absolute Gasteiger partial charge is 0.476 e. The quantitative estimate of drug-likeness (QED) is 0.726. The average Bonchev–Trinajstić information content (AvgIpc) is 2.24.